The highest BCUT2D eigenvalue weighted by atomic mass is 32.1. The topological polar surface area (TPSA) is 0 Å². The minimum atomic E-state index is 0.0960. The van der Waals surface area contributed by atoms with Gasteiger partial charge in [-0.15, -0.1) is 0 Å². The van der Waals surface area contributed by atoms with Gasteiger partial charge in [-0.25, -0.2) is 0 Å². The standard InChI is InChI=1S/C13H18S.CH4S/c1-3-10-6-7-11-5-4-8-13(2,14)12(11)9-10;1-2/h6-7,9,14H,3-5,8H2,1-2H3;2H,1H3. The van der Waals surface area contributed by atoms with Gasteiger partial charge in [0.15, 0.2) is 0 Å². The lowest BCUT2D eigenvalue weighted by molar-refractivity contribution is 0.548. The minimum absolute atomic E-state index is 0.0960. The maximum atomic E-state index is 4.78. The van der Waals surface area contributed by atoms with Gasteiger partial charge in [-0.2, -0.15) is 25.3 Å². The number of aryl methyl sites for hydroxylation is 2. The summed E-state index contributed by atoms with van der Waals surface area (Å²) in [6.07, 6.45) is 6.53. The Morgan fingerprint density at radius 2 is 2.00 bits per heavy atom. The van der Waals surface area contributed by atoms with Crippen LogP contribution in [0.15, 0.2) is 18.2 Å². The molecule has 0 radical (unpaired) electrons. The molecule has 1 atom stereocenters. The molecular formula is C14H22S2. The van der Waals surface area contributed by atoms with Crippen LogP contribution in [0, 0.1) is 0 Å². The van der Waals surface area contributed by atoms with Crippen molar-refractivity contribution >= 4 is 25.3 Å². The van der Waals surface area contributed by atoms with Gasteiger partial charge >= 0.3 is 0 Å². The van der Waals surface area contributed by atoms with Gasteiger partial charge in [0, 0.05) is 4.75 Å². The van der Waals surface area contributed by atoms with Crippen molar-refractivity contribution in [2.24, 2.45) is 0 Å². The van der Waals surface area contributed by atoms with Crippen LogP contribution in [0.4, 0.5) is 0 Å². The van der Waals surface area contributed by atoms with E-state index in [4.69, 9.17) is 12.6 Å². The molecule has 1 aromatic carbocycles. The fourth-order valence-corrected chi connectivity index (χ4v) is 2.69. The summed E-state index contributed by atoms with van der Waals surface area (Å²) >= 11 is 8.31. The van der Waals surface area contributed by atoms with E-state index in [1.54, 1.807) is 6.26 Å². The molecule has 0 bridgehead atoms. The van der Waals surface area contributed by atoms with Crippen molar-refractivity contribution in [3.8, 4) is 0 Å². The minimum Gasteiger partial charge on any atom is -0.183 e. The largest absolute Gasteiger partial charge is 0.183 e. The molecule has 0 saturated carbocycles. The first-order valence-corrected chi connectivity index (χ1v) is 7.27. The van der Waals surface area contributed by atoms with Crippen molar-refractivity contribution in [3.63, 3.8) is 0 Å². The van der Waals surface area contributed by atoms with Gasteiger partial charge in [-0.3, -0.25) is 0 Å². The zero-order valence-corrected chi connectivity index (χ0v) is 12.2. The number of hydrogen-bond donors (Lipinski definition) is 2. The number of thiol groups is 2. The van der Waals surface area contributed by atoms with Gasteiger partial charge < -0.3 is 0 Å². The number of fused-ring (bicyclic) bond motifs is 1. The SMILES string of the molecule is CCc1ccc2c(c1)C(C)(S)CCC2.CS. The Balaban J connectivity index is 0.000000606. The maximum Gasteiger partial charge on any atom is 0.0353 e. The van der Waals surface area contributed by atoms with Crippen molar-refractivity contribution in [3.05, 3.63) is 34.9 Å². The summed E-state index contributed by atoms with van der Waals surface area (Å²) in [6.45, 7) is 4.45. The van der Waals surface area contributed by atoms with E-state index >= 15 is 0 Å². The van der Waals surface area contributed by atoms with E-state index < -0.39 is 0 Å². The highest BCUT2D eigenvalue weighted by Crippen LogP contribution is 2.40. The molecule has 1 aliphatic carbocycles. The smallest absolute Gasteiger partial charge is 0.0353 e. The molecule has 0 N–H and O–H groups in total. The Hall–Kier alpha value is -0.0800. The van der Waals surface area contributed by atoms with Crippen LogP contribution in [0.1, 0.15) is 43.4 Å². The molecule has 1 aromatic rings. The molecule has 0 aliphatic heterocycles. The van der Waals surface area contributed by atoms with Gasteiger partial charge in [-0.05, 0) is 55.6 Å². The average Bonchev–Trinajstić information content (AvgIpc) is 2.31. The van der Waals surface area contributed by atoms with E-state index in [2.05, 4.69) is 44.7 Å². The van der Waals surface area contributed by atoms with Crippen LogP contribution >= 0.6 is 25.3 Å². The zero-order valence-electron chi connectivity index (χ0n) is 10.5. The van der Waals surface area contributed by atoms with Crippen molar-refractivity contribution in [2.75, 3.05) is 6.26 Å². The summed E-state index contributed by atoms with van der Waals surface area (Å²) in [5, 5.41) is 0. The molecule has 2 rings (SSSR count). The summed E-state index contributed by atoms with van der Waals surface area (Å²) in [4.78, 5) is 0. The van der Waals surface area contributed by atoms with Gasteiger partial charge in [0.05, 0.1) is 0 Å². The molecule has 0 heterocycles. The Morgan fingerprint density at radius 3 is 2.62 bits per heavy atom. The molecule has 0 nitrogen and oxygen atoms in total. The second-order valence-corrected chi connectivity index (χ2v) is 5.46. The van der Waals surface area contributed by atoms with Crippen LogP contribution in [0.2, 0.25) is 0 Å². The van der Waals surface area contributed by atoms with Crippen LogP contribution in [-0.2, 0) is 17.6 Å². The van der Waals surface area contributed by atoms with Crippen LogP contribution in [0.5, 0.6) is 0 Å². The van der Waals surface area contributed by atoms with E-state index in [0.29, 0.717) is 0 Å². The monoisotopic (exact) mass is 254 g/mol. The molecule has 90 valence electrons. The number of benzene rings is 1. The Labute approximate surface area is 111 Å². The Morgan fingerprint density at radius 1 is 1.31 bits per heavy atom. The first-order valence-electron chi connectivity index (χ1n) is 5.93. The van der Waals surface area contributed by atoms with Crippen molar-refractivity contribution in [2.45, 2.75) is 44.3 Å². The molecular weight excluding hydrogens is 232 g/mol. The normalized spacial score (nSPS) is 23.1. The van der Waals surface area contributed by atoms with E-state index in [1.807, 2.05) is 0 Å². The predicted octanol–water partition coefficient (Wildman–Crippen LogP) is 4.28. The lowest BCUT2D eigenvalue weighted by Gasteiger charge is -2.32. The zero-order chi connectivity index (χ0) is 12.2. The fraction of sp³-hybridized carbons (Fsp3) is 0.571. The molecule has 16 heavy (non-hydrogen) atoms. The van der Waals surface area contributed by atoms with Crippen molar-refractivity contribution < 1.29 is 0 Å². The molecule has 0 saturated heterocycles. The second kappa shape index (κ2) is 6.02. The van der Waals surface area contributed by atoms with Crippen LogP contribution in [0.3, 0.4) is 0 Å². The lowest BCUT2D eigenvalue weighted by atomic mass is 9.82. The summed E-state index contributed by atoms with van der Waals surface area (Å²) in [5.41, 5.74) is 4.41. The maximum absolute atomic E-state index is 4.78. The molecule has 1 unspecified atom stereocenters. The summed E-state index contributed by atoms with van der Waals surface area (Å²) in [7, 11) is 0. The quantitative estimate of drug-likeness (QED) is 0.687. The number of rotatable bonds is 1. The molecule has 1 aliphatic rings. The van der Waals surface area contributed by atoms with E-state index in [-0.39, 0.29) is 4.75 Å². The third kappa shape index (κ3) is 2.98. The van der Waals surface area contributed by atoms with Gasteiger partial charge in [0.2, 0.25) is 0 Å². The summed E-state index contributed by atoms with van der Waals surface area (Å²) in [5.74, 6) is 0. The third-order valence-electron chi connectivity index (χ3n) is 3.27. The second-order valence-electron chi connectivity index (χ2n) is 4.47. The van der Waals surface area contributed by atoms with Crippen molar-refractivity contribution in [1.29, 1.82) is 0 Å². The third-order valence-corrected chi connectivity index (χ3v) is 3.74. The highest BCUT2D eigenvalue weighted by molar-refractivity contribution is 7.81. The van der Waals surface area contributed by atoms with Crippen LogP contribution in [-0.4, -0.2) is 6.26 Å². The first-order chi connectivity index (χ1) is 7.63. The highest BCUT2D eigenvalue weighted by Gasteiger charge is 2.27. The summed E-state index contributed by atoms with van der Waals surface area (Å²) in [6, 6.07) is 6.90. The number of hydrogen-bond acceptors (Lipinski definition) is 2. The fourth-order valence-electron chi connectivity index (χ4n) is 2.32. The van der Waals surface area contributed by atoms with Gasteiger partial charge in [0.25, 0.3) is 0 Å². The molecule has 0 aromatic heterocycles. The molecule has 2 heteroatoms. The van der Waals surface area contributed by atoms with Crippen LogP contribution < -0.4 is 0 Å². The Bertz CT molecular complexity index is 343. The first kappa shape index (κ1) is 14.0. The molecule has 0 spiro atoms. The van der Waals surface area contributed by atoms with Crippen LogP contribution in [0.25, 0.3) is 0 Å². The van der Waals surface area contributed by atoms with Crippen molar-refractivity contribution in [1.82, 2.24) is 0 Å². The Kier molecular flexibility index (Phi) is 5.26. The molecule has 0 amide bonds. The predicted molar refractivity (Wildman–Crippen MR) is 80.0 cm³/mol. The summed E-state index contributed by atoms with van der Waals surface area (Å²) < 4.78 is 0.0960. The average molecular weight is 254 g/mol. The lowest BCUT2D eigenvalue weighted by Crippen LogP contribution is -2.21. The van der Waals surface area contributed by atoms with E-state index in [0.717, 1.165) is 6.42 Å². The van der Waals surface area contributed by atoms with E-state index in [9.17, 15) is 0 Å². The van der Waals surface area contributed by atoms with Gasteiger partial charge in [0.1, 0.15) is 0 Å². The van der Waals surface area contributed by atoms with E-state index in [1.165, 1.54) is 36.0 Å². The molecule has 0 fully saturated rings. The van der Waals surface area contributed by atoms with Gasteiger partial charge in [-0.1, -0.05) is 25.1 Å².